The first-order valence-corrected chi connectivity index (χ1v) is 9.50. The van der Waals surface area contributed by atoms with Gasteiger partial charge in [-0.25, -0.2) is 4.39 Å². The minimum atomic E-state index is -0.273. The number of benzene rings is 2. The number of carbonyl (C=O) groups excluding carboxylic acids is 1. The van der Waals surface area contributed by atoms with Crippen LogP contribution in [0.5, 0.6) is 11.5 Å². The maximum atomic E-state index is 13.0. The minimum absolute atomic E-state index is 0.0126. The highest BCUT2D eigenvalue weighted by Crippen LogP contribution is 2.39. The van der Waals surface area contributed by atoms with Crippen LogP contribution in [-0.2, 0) is 4.79 Å². The lowest BCUT2D eigenvalue weighted by atomic mass is 10.0. The Morgan fingerprint density at radius 1 is 1.19 bits per heavy atom. The SMILES string of the molecule is COc1ccc(OC)c([C@H]2CCCN2C(=O)CSc2ccc(F)cc2)c1. The van der Waals surface area contributed by atoms with E-state index >= 15 is 0 Å². The van der Waals surface area contributed by atoms with Crippen LogP contribution in [-0.4, -0.2) is 37.3 Å². The molecule has 0 unspecified atom stereocenters. The minimum Gasteiger partial charge on any atom is -0.497 e. The van der Waals surface area contributed by atoms with Gasteiger partial charge in [-0.1, -0.05) is 0 Å². The Morgan fingerprint density at radius 2 is 1.96 bits per heavy atom. The average Bonchev–Trinajstić information content (AvgIpc) is 3.16. The maximum absolute atomic E-state index is 13.0. The summed E-state index contributed by atoms with van der Waals surface area (Å²) in [5.74, 6) is 1.65. The third kappa shape index (κ3) is 4.12. The summed E-state index contributed by atoms with van der Waals surface area (Å²) in [5, 5.41) is 0. The van der Waals surface area contributed by atoms with Crippen molar-refractivity contribution < 1.29 is 18.7 Å². The summed E-state index contributed by atoms with van der Waals surface area (Å²) in [6.45, 7) is 0.730. The first-order chi connectivity index (χ1) is 12.6. The van der Waals surface area contributed by atoms with Crippen molar-refractivity contribution in [2.45, 2.75) is 23.8 Å². The third-order valence-corrected chi connectivity index (χ3v) is 5.54. The number of carbonyl (C=O) groups is 1. The molecule has 0 saturated carbocycles. The van der Waals surface area contributed by atoms with E-state index in [2.05, 4.69) is 0 Å². The van der Waals surface area contributed by atoms with Crippen molar-refractivity contribution in [3.05, 3.63) is 53.8 Å². The monoisotopic (exact) mass is 375 g/mol. The molecule has 0 aliphatic carbocycles. The van der Waals surface area contributed by atoms with Crippen LogP contribution in [0.4, 0.5) is 4.39 Å². The van der Waals surface area contributed by atoms with Crippen LogP contribution in [0.15, 0.2) is 47.4 Å². The van der Waals surface area contributed by atoms with Crippen molar-refractivity contribution in [2.75, 3.05) is 26.5 Å². The first kappa shape index (κ1) is 18.6. The van der Waals surface area contributed by atoms with Crippen LogP contribution >= 0.6 is 11.8 Å². The molecule has 1 saturated heterocycles. The molecule has 26 heavy (non-hydrogen) atoms. The van der Waals surface area contributed by atoms with Crippen molar-refractivity contribution in [3.8, 4) is 11.5 Å². The highest BCUT2D eigenvalue weighted by atomic mass is 32.2. The van der Waals surface area contributed by atoms with E-state index in [-0.39, 0.29) is 17.8 Å². The Hall–Kier alpha value is -2.21. The zero-order valence-corrected chi connectivity index (χ0v) is 15.7. The topological polar surface area (TPSA) is 38.8 Å². The first-order valence-electron chi connectivity index (χ1n) is 8.52. The number of rotatable bonds is 6. The number of thioether (sulfide) groups is 1. The van der Waals surface area contributed by atoms with Crippen molar-refractivity contribution >= 4 is 17.7 Å². The summed E-state index contributed by atoms with van der Waals surface area (Å²) in [5.41, 5.74) is 0.976. The fourth-order valence-corrected chi connectivity index (χ4v) is 4.03. The molecule has 0 bridgehead atoms. The molecule has 4 nitrogen and oxygen atoms in total. The molecule has 0 aromatic heterocycles. The Kier molecular flexibility index (Phi) is 6.04. The van der Waals surface area contributed by atoms with E-state index in [4.69, 9.17) is 9.47 Å². The molecule has 138 valence electrons. The lowest BCUT2D eigenvalue weighted by Crippen LogP contribution is -2.32. The van der Waals surface area contributed by atoms with E-state index in [1.165, 1.54) is 23.9 Å². The fraction of sp³-hybridized carbons (Fsp3) is 0.350. The molecule has 3 rings (SSSR count). The molecule has 2 aromatic rings. The zero-order valence-electron chi connectivity index (χ0n) is 14.9. The number of likely N-dealkylation sites (tertiary alicyclic amines) is 1. The van der Waals surface area contributed by atoms with Gasteiger partial charge in [-0.2, -0.15) is 0 Å². The number of halogens is 1. The summed E-state index contributed by atoms with van der Waals surface area (Å²) in [6, 6.07) is 11.9. The maximum Gasteiger partial charge on any atom is 0.233 e. The van der Waals surface area contributed by atoms with E-state index in [0.29, 0.717) is 5.75 Å². The smallest absolute Gasteiger partial charge is 0.233 e. The standard InChI is InChI=1S/C20H22FNO3S/c1-24-15-7-10-19(25-2)17(12-15)18-4-3-11-22(18)20(23)13-26-16-8-5-14(21)6-9-16/h5-10,12,18H,3-4,11,13H2,1-2H3/t18-/m1/s1. The summed E-state index contributed by atoms with van der Waals surface area (Å²) in [7, 11) is 3.26. The Labute approximate surface area is 157 Å². The molecule has 0 spiro atoms. The summed E-state index contributed by atoms with van der Waals surface area (Å²) < 4.78 is 23.8. The molecule has 1 aliphatic heterocycles. The van der Waals surface area contributed by atoms with Crippen molar-refractivity contribution in [3.63, 3.8) is 0 Å². The molecule has 1 fully saturated rings. The van der Waals surface area contributed by atoms with Crippen LogP contribution in [0.3, 0.4) is 0 Å². The predicted molar refractivity (Wildman–Crippen MR) is 100 cm³/mol. The second-order valence-electron chi connectivity index (χ2n) is 6.10. The van der Waals surface area contributed by atoms with Crippen LogP contribution in [0.2, 0.25) is 0 Å². The number of nitrogens with zero attached hydrogens (tertiary/aromatic N) is 1. The van der Waals surface area contributed by atoms with Crippen LogP contribution in [0, 0.1) is 5.82 Å². The van der Waals surface area contributed by atoms with Gasteiger partial charge in [0.1, 0.15) is 17.3 Å². The molecule has 6 heteroatoms. The number of ether oxygens (including phenoxy) is 2. The van der Waals surface area contributed by atoms with Crippen LogP contribution in [0.25, 0.3) is 0 Å². The van der Waals surface area contributed by atoms with Gasteiger partial charge < -0.3 is 14.4 Å². The number of methoxy groups -OCH3 is 2. The molecular formula is C20H22FNO3S. The Morgan fingerprint density at radius 3 is 2.65 bits per heavy atom. The van der Waals surface area contributed by atoms with Gasteiger partial charge in [0, 0.05) is 17.0 Å². The Bertz CT molecular complexity index is 766. The highest BCUT2D eigenvalue weighted by Gasteiger charge is 2.32. The average molecular weight is 375 g/mol. The van der Waals surface area contributed by atoms with Crippen LogP contribution < -0.4 is 9.47 Å². The van der Waals surface area contributed by atoms with Crippen molar-refractivity contribution in [1.82, 2.24) is 4.90 Å². The molecule has 1 aliphatic rings. The molecule has 0 radical (unpaired) electrons. The fourth-order valence-electron chi connectivity index (χ4n) is 3.25. The number of amides is 1. The second kappa shape index (κ2) is 8.45. The second-order valence-corrected chi connectivity index (χ2v) is 7.14. The summed E-state index contributed by atoms with van der Waals surface area (Å²) >= 11 is 1.43. The van der Waals surface area contributed by atoms with Crippen molar-refractivity contribution in [2.24, 2.45) is 0 Å². The molecule has 1 amide bonds. The third-order valence-electron chi connectivity index (χ3n) is 4.54. The lowest BCUT2D eigenvalue weighted by molar-refractivity contribution is -0.129. The van der Waals surface area contributed by atoms with Crippen LogP contribution in [0.1, 0.15) is 24.4 Å². The summed E-state index contributed by atoms with van der Waals surface area (Å²) in [4.78, 5) is 15.6. The van der Waals surface area contributed by atoms with E-state index in [1.807, 2.05) is 23.1 Å². The highest BCUT2D eigenvalue weighted by molar-refractivity contribution is 8.00. The molecule has 1 atom stereocenters. The van der Waals surface area contributed by atoms with Gasteiger partial charge in [-0.05, 0) is 55.3 Å². The van der Waals surface area contributed by atoms with E-state index in [0.717, 1.165) is 41.3 Å². The van der Waals surface area contributed by atoms with Gasteiger partial charge in [-0.15, -0.1) is 11.8 Å². The van der Waals surface area contributed by atoms with Gasteiger partial charge in [0.15, 0.2) is 0 Å². The van der Waals surface area contributed by atoms with Gasteiger partial charge in [-0.3, -0.25) is 4.79 Å². The Balaban J connectivity index is 1.73. The zero-order chi connectivity index (χ0) is 18.5. The van der Waals surface area contributed by atoms with E-state index in [1.54, 1.807) is 26.4 Å². The van der Waals surface area contributed by atoms with E-state index in [9.17, 15) is 9.18 Å². The van der Waals surface area contributed by atoms with Gasteiger partial charge in [0.25, 0.3) is 0 Å². The predicted octanol–water partition coefficient (Wildman–Crippen LogP) is 4.30. The van der Waals surface area contributed by atoms with Gasteiger partial charge >= 0.3 is 0 Å². The largest absolute Gasteiger partial charge is 0.497 e. The molecule has 1 heterocycles. The number of hydrogen-bond donors (Lipinski definition) is 0. The number of hydrogen-bond acceptors (Lipinski definition) is 4. The normalized spacial score (nSPS) is 16.6. The molecule has 2 aromatic carbocycles. The molecule has 0 N–H and O–H groups in total. The molecular weight excluding hydrogens is 353 g/mol. The summed E-state index contributed by atoms with van der Waals surface area (Å²) in [6.07, 6.45) is 1.86. The quantitative estimate of drug-likeness (QED) is 0.706. The lowest BCUT2D eigenvalue weighted by Gasteiger charge is -2.26. The van der Waals surface area contributed by atoms with E-state index < -0.39 is 0 Å². The van der Waals surface area contributed by atoms with Crippen molar-refractivity contribution in [1.29, 1.82) is 0 Å². The van der Waals surface area contributed by atoms with Gasteiger partial charge in [0.05, 0.1) is 26.0 Å². The van der Waals surface area contributed by atoms with Gasteiger partial charge in [0.2, 0.25) is 5.91 Å².